The second kappa shape index (κ2) is 4.52. The number of ether oxygens (including phenoxy) is 1. The van der Waals surface area contributed by atoms with E-state index in [1.807, 2.05) is 0 Å². The second-order valence-electron chi connectivity index (χ2n) is 5.14. The van der Waals surface area contributed by atoms with Crippen LogP contribution in [-0.4, -0.2) is 37.6 Å². The van der Waals surface area contributed by atoms with E-state index in [0.29, 0.717) is 12.5 Å². The molecule has 0 aromatic heterocycles. The zero-order valence-electron chi connectivity index (χ0n) is 9.74. The van der Waals surface area contributed by atoms with Crippen molar-refractivity contribution in [1.29, 1.82) is 0 Å². The third-order valence-electron chi connectivity index (χ3n) is 3.93. The summed E-state index contributed by atoms with van der Waals surface area (Å²) >= 11 is 0. The molecule has 2 fully saturated rings. The highest BCUT2D eigenvalue weighted by Gasteiger charge is 2.38. The maximum atomic E-state index is 10.8. The van der Waals surface area contributed by atoms with Crippen molar-refractivity contribution in [3.63, 3.8) is 0 Å². The maximum Gasteiger partial charge on any atom is 0.302 e. The molecule has 0 aromatic rings. The fourth-order valence-electron chi connectivity index (χ4n) is 3.27. The zero-order valence-corrected chi connectivity index (χ0v) is 9.74. The molecule has 1 heterocycles. The Morgan fingerprint density at radius 2 is 1.93 bits per heavy atom. The van der Waals surface area contributed by atoms with Crippen molar-refractivity contribution >= 4 is 5.97 Å². The van der Waals surface area contributed by atoms with E-state index in [1.165, 1.54) is 39.3 Å². The van der Waals surface area contributed by atoms with Gasteiger partial charge in [-0.2, -0.15) is 0 Å². The summed E-state index contributed by atoms with van der Waals surface area (Å²) in [6, 6.07) is 0. The van der Waals surface area contributed by atoms with Crippen molar-refractivity contribution < 1.29 is 9.53 Å². The largest absolute Gasteiger partial charge is 0.466 e. The van der Waals surface area contributed by atoms with Gasteiger partial charge in [0.1, 0.15) is 0 Å². The molecule has 0 aromatic carbocycles. The van der Waals surface area contributed by atoms with E-state index in [1.54, 1.807) is 0 Å². The Labute approximate surface area is 91.8 Å². The van der Waals surface area contributed by atoms with Gasteiger partial charge in [-0.05, 0) is 31.7 Å². The van der Waals surface area contributed by atoms with Crippen molar-refractivity contribution in [3.05, 3.63) is 0 Å². The molecular weight excluding hydrogens is 190 g/mol. The molecule has 2 aliphatic rings. The van der Waals surface area contributed by atoms with Crippen LogP contribution in [0.15, 0.2) is 0 Å². The molecule has 3 heteroatoms. The van der Waals surface area contributed by atoms with E-state index in [2.05, 4.69) is 11.9 Å². The fourth-order valence-corrected chi connectivity index (χ4v) is 3.27. The number of carbonyl (C=O) groups excluding carboxylic acids is 1. The lowest BCUT2D eigenvalue weighted by Gasteiger charge is -2.46. The summed E-state index contributed by atoms with van der Waals surface area (Å²) in [4.78, 5) is 13.3. The quantitative estimate of drug-likeness (QED) is 0.649. The molecule has 1 saturated heterocycles. The minimum atomic E-state index is -0.132. The number of likely N-dealkylation sites (tertiary alicyclic amines) is 1. The lowest BCUT2D eigenvalue weighted by atomic mass is 9.69. The van der Waals surface area contributed by atoms with Gasteiger partial charge in [0.2, 0.25) is 0 Å². The van der Waals surface area contributed by atoms with E-state index in [4.69, 9.17) is 4.74 Å². The monoisotopic (exact) mass is 211 g/mol. The second-order valence-corrected chi connectivity index (χ2v) is 5.14. The molecule has 0 radical (unpaired) electrons. The molecule has 0 amide bonds. The maximum absolute atomic E-state index is 10.8. The molecule has 1 aliphatic heterocycles. The molecule has 0 N–H and O–H groups in total. The summed E-state index contributed by atoms with van der Waals surface area (Å²) < 4.78 is 5.20. The number of fused-ring (bicyclic) bond motifs is 2. The van der Waals surface area contributed by atoms with E-state index >= 15 is 0 Å². The van der Waals surface area contributed by atoms with Crippen LogP contribution in [0.2, 0.25) is 0 Å². The molecule has 1 aliphatic carbocycles. The fraction of sp³-hybridized carbons (Fsp3) is 0.917. The number of hydrogen-bond acceptors (Lipinski definition) is 3. The highest BCUT2D eigenvalue weighted by Crippen LogP contribution is 2.39. The molecule has 15 heavy (non-hydrogen) atoms. The Bertz CT molecular complexity index is 228. The summed E-state index contributed by atoms with van der Waals surface area (Å²) in [5.41, 5.74) is 0. The standard InChI is InChI=1S/C12H21NO2/c1-9(14)15-8-12-10-4-3-5-11(12)7-13(2)6-10/h10-12H,3-8H2,1-2H3. The third-order valence-corrected chi connectivity index (χ3v) is 3.93. The van der Waals surface area contributed by atoms with Gasteiger partial charge >= 0.3 is 5.97 Å². The first-order chi connectivity index (χ1) is 7.16. The average molecular weight is 211 g/mol. The van der Waals surface area contributed by atoms with Crippen LogP contribution in [0.1, 0.15) is 26.2 Å². The Kier molecular flexibility index (Phi) is 3.29. The van der Waals surface area contributed by atoms with Gasteiger partial charge in [0, 0.05) is 25.9 Å². The predicted octanol–water partition coefficient (Wildman–Crippen LogP) is 1.53. The molecule has 2 bridgehead atoms. The molecule has 86 valence electrons. The summed E-state index contributed by atoms with van der Waals surface area (Å²) in [6.45, 7) is 4.52. The topological polar surface area (TPSA) is 29.5 Å². The summed E-state index contributed by atoms with van der Waals surface area (Å²) in [7, 11) is 2.20. The van der Waals surface area contributed by atoms with E-state index in [-0.39, 0.29) is 5.97 Å². The van der Waals surface area contributed by atoms with E-state index in [9.17, 15) is 4.79 Å². The summed E-state index contributed by atoms with van der Waals surface area (Å²) in [5, 5.41) is 0. The Morgan fingerprint density at radius 3 is 2.47 bits per heavy atom. The lowest BCUT2D eigenvalue weighted by Crippen LogP contribution is -2.48. The number of esters is 1. The van der Waals surface area contributed by atoms with Gasteiger partial charge in [0.25, 0.3) is 0 Å². The van der Waals surface area contributed by atoms with E-state index < -0.39 is 0 Å². The molecule has 2 rings (SSSR count). The van der Waals surface area contributed by atoms with E-state index in [0.717, 1.165) is 11.8 Å². The number of rotatable bonds is 2. The molecular formula is C12H21NO2. The Hall–Kier alpha value is -0.570. The smallest absolute Gasteiger partial charge is 0.302 e. The van der Waals surface area contributed by atoms with Crippen molar-refractivity contribution in [3.8, 4) is 0 Å². The minimum absolute atomic E-state index is 0.132. The van der Waals surface area contributed by atoms with Gasteiger partial charge < -0.3 is 9.64 Å². The van der Waals surface area contributed by atoms with Crippen LogP contribution in [0.3, 0.4) is 0 Å². The first-order valence-electron chi connectivity index (χ1n) is 5.98. The number of carbonyl (C=O) groups is 1. The van der Waals surface area contributed by atoms with Gasteiger partial charge in [-0.3, -0.25) is 4.79 Å². The zero-order chi connectivity index (χ0) is 10.8. The van der Waals surface area contributed by atoms with Crippen LogP contribution in [0.25, 0.3) is 0 Å². The Balaban J connectivity index is 1.95. The van der Waals surface area contributed by atoms with Crippen LogP contribution in [0.4, 0.5) is 0 Å². The molecule has 3 nitrogen and oxygen atoms in total. The highest BCUT2D eigenvalue weighted by molar-refractivity contribution is 5.65. The highest BCUT2D eigenvalue weighted by atomic mass is 16.5. The molecule has 0 spiro atoms. The van der Waals surface area contributed by atoms with Crippen LogP contribution < -0.4 is 0 Å². The minimum Gasteiger partial charge on any atom is -0.466 e. The Morgan fingerprint density at radius 1 is 1.33 bits per heavy atom. The first kappa shape index (κ1) is 10.9. The van der Waals surface area contributed by atoms with Crippen LogP contribution in [-0.2, 0) is 9.53 Å². The van der Waals surface area contributed by atoms with Gasteiger partial charge in [0.15, 0.2) is 0 Å². The third kappa shape index (κ3) is 2.51. The lowest BCUT2D eigenvalue weighted by molar-refractivity contribution is -0.145. The van der Waals surface area contributed by atoms with Crippen LogP contribution in [0.5, 0.6) is 0 Å². The van der Waals surface area contributed by atoms with Crippen molar-refractivity contribution in [2.45, 2.75) is 26.2 Å². The van der Waals surface area contributed by atoms with Crippen molar-refractivity contribution in [2.24, 2.45) is 17.8 Å². The molecule has 2 atom stereocenters. The molecule has 1 saturated carbocycles. The normalized spacial score (nSPS) is 36.3. The van der Waals surface area contributed by atoms with Crippen LogP contribution in [0, 0.1) is 17.8 Å². The van der Waals surface area contributed by atoms with Gasteiger partial charge in [-0.1, -0.05) is 6.42 Å². The SMILES string of the molecule is CC(=O)OCC1C2CCCC1CN(C)C2. The van der Waals surface area contributed by atoms with Crippen LogP contribution >= 0.6 is 0 Å². The van der Waals surface area contributed by atoms with Gasteiger partial charge in [-0.15, -0.1) is 0 Å². The summed E-state index contributed by atoms with van der Waals surface area (Å²) in [6.07, 6.45) is 3.99. The van der Waals surface area contributed by atoms with Gasteiger partial charge in [-0.25, -0.2) is 0 Å². The predicted molar refractivity (Wildman–Crippen MR) is 58.5 cm³/mol. The number of nitrogens with zero attached hydrogens (tertiary/aromatic N) is 1. The number of piperidine rings is 1. The summed E-state index contributed by atoms with van der Waals surface area (Å²) in [5.74, 6) is 1.99. The van der Waals surface area contributed by atoms with Crippen molar-refractivity contribution in [1.82, 2.24) is 4.90 Å². The van der Waals surface area contributed by atoms with Crippen molar-refractivity contribution in [2.75, 3.05) is 26.7 Å². The number of hydrogen-bond donors (Lipinski definition) is 0. The van der Waals surface area contributed by atoms with Gasteiger partial charge in [0.05, 0.1) is 6.61 Å². The molecule has 2 unspecified atom stereocenters. The first-order valence-corrected chi connectivity index (χ1v) is 5.98. The average Bonchev–Trinajstić information content (AvgIpc) is 2.14.